The van der Waals surface area contributed by atoms with Crippen LogP contribution in [0.3, 0.4) is 0 Å². The Kier molecular flexibility index (Phi) is 5.31. The van der Waals surface area contributed by atoms with Gasteiger partial charge in [-0.1, -0.05) is 18.9 Å². The average molecular weight is 290 g/mol. The third-order valence-corrected chi connectivity index (χ3v) is 4.16. The molecule has 0 atom stereocenters. The zero-order chi connectivity index (χ0) is 15.1. The molecule has 1 aromatic rings. The lowest BCUT2D eigenvalue weighted by molar-refractivity contribution is -0.140. The van der Waals surface area contributed by atoms with Crippen molar-refractivity contribution in [1.29, 1.82) is 0 Å². The Bertz CT molecular complexity index is 482. The summed E-state index contributed by atoms with van der Waals surface area (Å²) in [5.41, 5.74) is 0.611. The Hall–Kier alpha value is -1.91. The lowest BCUT2D eigenvalue weighted by atomic mass is 9.79. The predicted octanol–water partition coefficient (Wildman–Crippen LogP) is 2.17. The first-order valence-corrected chi connectivity index (χ1v) is 7.48. The highest BCUT2D eigenvalue weighted by atomic mass is 16.4. The van der Waals surface area contributed by atoms with Gasteiger partial charge in [0.2, 0.25) is 5.91 Å². The molecular weight excluding hydrogens is 268 g/mol. The predicted molar refractivity (Wildman–Crippen MR) is 78.7 cm³/mol. The second kappa shape index (κ2) is 7.20. The van der Waals surface area contributed by atoms with Gasteiger partial charge in [-0.15, -0.1) is 0 Å². The highest BCUT2D eigenvalue weighted by Crippen LogP contribution is 2.43. The van der Waals surface area contributed by atoms with Gasteiger partial charge in [-0.3, -0.25) is 14.6 Å². The SMILES string of the molecule is O=C(O)CC1(CC(=O)NCCc2ccccn2)CCCC1. The molecule has 0 saturated heterocycles. The number of carbonyl (C=O) groups excluding carboxylic acids is 1. The van der Waals surface area contributed by atoms with Crippen LogP contribution in [0, 0.1) is 5.41 Å². The van der Waals surface area contributed by atoms with Gasteiger partial charge in [0.25, 0.3) is 0 Å². The summed E-state index contributed by atoms with van der Waals surface area (Å²) in [5.74, 6) is -0.854. The lowest BCUT2D eigenvalue weighted by Gasteiger charge is -2.26. The number of nitrogens with zero attached hydrogens (tertiary/aromatic N) is 1. The van der Waals surface area contributed by atoms with Crippen molar-refractivity contribution in [3.8, 4) is 0 Å². The molecule has 0 unspecified atom stereocenters. The Morgan fingerprint density at radius 3 is 2.62 bits per heavy atom. The van der Waals surface area contributed by atoms with Crippen molar-refractivity contribution in [3.05, 3.63) is 30.1 Å². The first-order valence-electron chi connectivity index (χ1n) is 7.48. The number of pyridine rings is 1. The summed E-state index contributed by atoms with van der Waals surface area (Å²) in [5, 5.41) is 11.9. The van der Waals surface area contributed by atoms with Crippen LogP contribution in [0.5, 0.6) is 0 Å². The highest BCUT2D eigenvalue weighted by Gasteiger charge is 2.37. The van der Waals surface area contributed by atoms with Crippen molar-refractivity contribution in [2.45, 2.75) is 44.9 Å². The van der Waals surface area contributed by atoms with Crippen molar-refractivity contribution in [1.82, 2.24) is 10.3 Å². The van der Waals surface area contributed by atoms with Crippen LogP contribution < -0.4 is 5.32 Å². The fourth-order valence-corrected chi connectivity index (χ4v) is 3.14. The van der Waals surface area contributed by atoms with Gasteiger partial charge in [-0.2, -0.15) is 0 Å². The normalized spacial score (nSPS) is 16.6. The Morgan fingerprint density at radius 2 is 2.00 bits per heavy atom. The van der Waals surface area contributed by atoms with Gasteiger partial charge < -0.3 is 10.4 Å². The monoisotopic (exact) mass is 290 g/mol. The van der Waals surface area contributed by atoms with Crippen LogP contribution in [-0.2, 0) is 16.0 Å². The molecule has 0 bridgehead atoms. The number of carbonyl (C=O) groups is 2. The molecule has 1 heterocycles. The first kappa shape index (κ1) is 15.5. The van der Waals surface area contributed by atoms with Gasteiger partial charge in [0.15, 0.2) is 0 Å². The lowest BCUT2D eigenvalue weighted by Crippen LogP contribution is -2.33. The van der Waals surface area contributed by atoms with Gasteiger partial charge >= 0.3 is 5.97 Å². The minimum absolute atomic E-state index is 0.0471. The van der Waals surface area contributed by atoms with E-state index in [0.29, 0.717) is 19.4 Å². The molecule has 21 heavy (non-hydrogen) atoms. The molecule has 0 spiro atoms. The third-order valence-electron chi connectivity index (χ3n) is 4.16. The van der Waals surface area contributed by atoms with Crippen LogP contribution in [0.25, 0.3) is 0 Å². The summed E-state index contributed by atoms with van der Waals surface area (Å²) >= 11 is 0. The molecule has 0 aliphatic heterocycles. The maximum absolute atomic E-state index is 12.1. The molecule has 114 valence electrons. The second-order valence-electron chi connectivity index (χ2n) is 5.88. The number of hydrogen-bond donors (Lipinski definition) is 2. The van der Waals surface area contributed by atoms with E-state index in [-0.39, 0.29) is 17.7 Å². The number of nitrogens with one attached hydrogen (secondary N) is 1. The largest absolute Gasteiger partial charge is 0.481 e. The van der Waals surface area contributed by atoms with Gasteiger partial charge in [-0.05, 0) is 30.4 Å². The number of carboxylic acid groups (broad SMARTS) is 1. The van der Waals surface area contributed by atoms with Crippen LogP contribution in [0.1, 0.15) is 44.2 Å². The number of hydrogen-bond acceptors (Lipinski definition) is 3. The fraction of sp³-hybridized carbons (Fsp3) is 0.562. The van der Waals surface area contributed by atoms with Crippen molar-refractivity contribution < 1.29 is 14.7 Å². The summed E-state index contributed by atoms with van der Waals surface area (Å²) in [6.07, 6.45) is 6.57. The van der Waals surface area contributed by atoms with E-state index in [9.17, 15) is 9.59 Å². The number of aromatic nitrogens is 1. The molecule has 1 aromatic heterocycles. The molecule has 1 aliphatic rings. The molecule has 5 heteroatoms. The number of amides is 1. The van der Waals surface area contributed by atoms with E-state index in [4.69, 9.17) is 5.11 Å². The van der Waals surface area contributed by atoms with Gasteiger partial charge in [0.05, 0.1) is 6.42 Å². The average Bonchev–Trinajstić information content (AvgIpc) is 2.87. The number of rotatable bonds is 7. The fourth-order valence-electron chi connectivity index (χ4n) is 3.14. The van der Waals surface area contributed by atoms with Crippen molar-refractivity contribution >= 4 is 11.9 Å². The summed E-state index contributed by atoms with van der Waals surface area (Å²) < 4.78 is 0. The maximum atomic E-state index is 12.1. The molecule has 5 nitrogen and oxygen atoms in total. The van der Waals surface area contributed by atoms with E-state index >= 15 is 0 Å². The summed E-state index contributed by atoms with van der Waals surface area (Å²) in [4.78, 5) is 27.3. The van der Waals surface area contributed by atoms with E-state index in [1.807, 2.05) is 18.2 Å². The highest BCUT2D eigenvalue weighted by molar-refractivity contribution is 5.78. The Morgan fingerprint density at radius 1 is 1.24 bits per heavy atom. The molecule has 0 radical (unpaired) electrons. The Balaban J connectivity index is 1.78. The smallest absolute Gasteiger partial charge is 0.303 e. The van der Waals surface area contributed by atoms with E-state index in [0.717, 1.165) is 31.4 Å². The molecule has 2 rings (SSSR count). The molecule has 1 amide bonds. The van der Waals surface area contributed by atoms with Crippen molar-refractivity contribution in [2.75, 3.05) is 6.54 Å². The minimum atomic E-state index is -0.807. The standard InChI is InChI=1S/C16H22N2O3/c19-14(18-10-6-13-5-1-4-9-17-13)11-16(12-15(20)21)7-2-3-8-16/h1,4-5,9H,2-3,6-8,10-12H2,(H,18,19)(H,20,21). The second-order valence-corrected chi connectivity index (χ2v) is 5.88. The van der Waals surface area contributed by atoms with E-state index in [1.165, 1.54) is 0 Å². The summed E-state index contributed by atoms with van der Waals surface area (Å²) in [6.45, 7) is 0.541. The van der Waals surface area contributed by atoms with E-state index < -0.39 is 5.97 Å². The van der Waals surface area contributed by atoms with Crippen LogP contribution in [0.15, 0.2) is 24.4 Å². The van der Waals surface area contributed by atoms with Crippen molar-refractivity contribution in [2.24, 2.45) is 5.41 Å². The van der Waals surface area contributed by atoms with Crippen molar-refractivity contribution in [3.63, 3.8) is 0 Å². The van der Waals surface area contributed by atoms with Crippen LogP contribution in [0.4, 0.5) is 0 Å². The molecule has 1 fully saturated rings. The van der Waals surface area contributed by atoms with Crippen LogP contribution in [0.2, 0.25) is 0 Å². The molecular formula is C16H22N2O3. The Labute approximate surface area is 124 Å². The molecule has 0 aromatic carbocycles. The minimum Gasteiger partial charge on any atom is -0.481 e. The van der Waals surface area contributed by atoms with Crippen LogP contribution in [-0.4, -0.2) is 28.5 Å². The van der Waals surface area contributed by atoms with Crippen LogP contribution >= 0.6 is 0 Å². The topological polar surface area (TPSA) is 79.3 Å². The van der Waals surface area contributed by atoms with Gasteiger partial charge in [-0.25, -0.2) is 0 Å². The summed E-state index contributed by atoms with van der Waals surface area (Å²) in [6, 6.07) is 5.71. The number of carboxylic acids is 1. The van der Waals surface area contributed by atoms with E-state index in [2.05, 4.69) is 10.3 Å². The van der Waals surface area contributed by atoms with Gasteiger partial charge in [0, 0.05) is 31.3 Å². The molecule has 2 N–H and O–H groups in total. The number of aliphatic carboxylic acids is 1. The maximum Gasteiger partial charge on any atom is 0.303 e. The quantitative estimate of drug-likeness (QED) is 0.806. The summed E-state index contributed by atoms with van der Waals surface area (Å²) in [7, 11) is 0. The van der Waals surface area contributed by atoms with Gasteiger partial charge in [0.1, 0.15) is 0 Å². The zero-order valence-electron chi connectivity index (χ0n) is 12.2. The van der Waals surface area contributed by atoms with E-state index in [1.54, 1.807) is 6.20 Å². The zero-order valence-corrected chi connectivity index (χ0v) is 12.2. The molecule has 1 aliphatic carbocycles. The first-order chi connectivity index (χ1) is 10.1. The third kappa shape index (κ3) is 4.85. The molecule has 1 saturated carbocycles.